The molecule has 0 spiro atoms. The molecule has 2 N–H and O–H groups in total. The highest BCUT2D eigenvalue weighted by molar-refractivity contribution is 9.10. The lowest BCUT2D eigenvalue weighted by Crippen LogP contribution is -2.22. The highest BCUT2D eigenvalue weighted by Gasteiger charge is 2.08. The van der Waals surface area contributed by atoms with Gasteiger partial charge in [0.1, 0.15) is 5.82 Å². The van der Waals surface area contributed by atoms with E-state index >= 15 is 0 Å². The van der Waals surface area contributed by atoms with Crippen LogP contribution in [0, 0.1) is 5.82 Å². The molecule has 0 heterocycles. The molecule has 1 amide bonds. The zero-order chi connectivity index (χ0) is 16.1. The summed E-state index contributed by atoms with van der Waals surface area (Å²) in [6, 6.07) is 11.2. The Labute approximate surface area is 135 Å². The first-order chi connectivity index (χ1) is 10.5. The molecule has 2 aromatic rings. The van der Waals surface area contributed by atoms with Gasteiger partial charge in [0.25, 0.3) is 0 Å². The molecule has 2 rings (SSSR count). The first kappa shape index (κ1) is 16.2. The molecular formula is C16H14BrFN2O2. The Morgan fingerprint density at radius 1 is 1.18 bits per heavy atom. The number of rotatable bonds is 5. The summed E-state index contributed by atoms with van der Waals surface area (Å²) in [5, 5.41) is 5.38. The fraction of sp³-hybridized carbons (Fsp3) is 0.125. The van der Waals surface area contributed by atoms with Crippen molar-refractivity contribution < 1.29 is 14.0 Å². The Kier molecular flexibility index (Phi) is 5.27. The lowest BCUT2D eigenvalue weighted by Gasteiger charge is -2.09. The van der Waals surface area contributed by atoms with Crippen LogP contribution in [0.5, 0.6) is 0 Å². The van der Waals surface area contributed by atoms with Gasteiger partial charge in [-0.1, -0.05) is 28.1 Å². The maximum atomic E-state index is 13.6. The van der Waals surface area contributed by atoms with Crippen molar-refractivity contribution in [2.75, 3.05) is 17.2 Å². The number of carbonyl (C=O) groups is 2. The quantitative estimate of drug-likeness (QED) is 0.792. The lowest BCUT2D eigenvalue weighted by atomic mass is 10.1. The standard InChI is InChI=1S/C16H14BrFN2O2/c1-10(21)11-3-2-4-13(7-11)19-9-16(22)20-15-6-5-12(17)8-14(15)18/h2-8,19H,9H2,1H3,(H,20,22). The Hall–Kier alpha value is -2.21. The van der Waals surface area contributed by atoms with Crippen LogP contribution in [0.25, 0.3) is 0 Å². The molecule has 0 unspecified atom stereocenters. The third-order valence-electron chi connectivity index (χ3n) is 2.93. The van der Waals surface area contributed by atoms with Crippen molar-refractivity contribution in [1.82, 2.24) is 0 Å². The minimum absolute atomic E-state index is 0.0309. The summed E-state index contributed by atoms with van der Waals surface area (Å²) >= 11 is 3.15. The molecule has 2 aromatic carbocycles. The van der Waals surface area contributed by atoms with Crippen molar-refractivity contribution in [3.63, 3.8) is 0 Å². The summed E-state index contributed by atoms with van der Waals surface area (Å²) < 4.78 is 14.2. The second-order valence-corrected chi connectivity index (χ2v) is 5.58. The van der Waals surface area contributed by atoms with Gasteiger partial charge < -0.3 is 10.6 Å². The van der Waals surface area contributed by atoms with E-state index in [4.69, 9.17) is 0 Å². The minimum Gasteiger partial charge on any atom is -0.376 e. The molecule has 0 bridgehead atoms. The van der Waals surface area contributed by atoms with Gasteiger partial charge in [0.2, 0.25) is 5.91 Å². The Morgan fingerprint density at radius 2 is 1.95 bits per heavy atom. The number of ketones is 1. The zero-order valence-corrected chi connectivity index (χ0v) is 13.4. The molecule has 6 heteroatoms. The number of halogens is 2. The van der Waals surface area contributed by atoms with E-state index in [-0.39, 0.29) is 23.9 Å². The van der Waals surface area contributed by atoms with E-state index in [9.17, 15) is 14.0 Å². The van der Waals surface area contributed by atoms with Crippen molar-refractivity contribution in [3.8, 4) is 0 Å². The molecule has 0 saturated heterocycles. The van der Waals surface area contributed by atoms with Crippen LogP contribution in [0.1, 0.15) is 17.3 Å². The summed E-state index contributed by atoms with van der Waals surface area (Å²) in [7, 11) is 0. The maximum absolute atomic E-state index is 13.6. The molecule has 0 aliphatic heterocycles. The molecule has 0 aliphatic rings. The first-order valence-corrected chi connectivity index (χ1v) is 7.35. The average molecular weight is 365 g/mol. The maximum Gasteiger partial charge on any atom is 0.243 e. The van der Waals surface area contributed by atoms with Crippen LogP contribution in [0.2, 0.25) is 0 Å². The van der Waals surface area contributed by atoms with E-state index in [2.05, 4.69) is 26.6 Å². The van der Waals surface area contributed by atoms with E-state index < -0.39 is 5.82 Å². The molecule has 0 atom stereocenters. The molecule has 0 aromatic heterocycles. The highest BCUT2D eigenvalue weighted by Crippen LogP contribution is 2.19. The van der Waals surface area contributed by atoms with Crippen LogP contribution in [0.4, 0.5) is 15.8 Å². The molecule has 0 fully saturated rings. The van der Waals surface area contributed by atoms with Crippen LogP contribution in [-0.4, -0.2) is 18.2 Å². The first-order valence-electron chi connectivity index (χ1n) is 6.55. The summed E-state index contributed by atoms with van der Waals surface area (Å²) in [5.74, 6) is -0.944. The number of amides is 1. The monoisotopic (exact) mass is 364 g/mol. The smallest absolute Gasteiger partial charge is 0.243 e. The molecule has 0 aliphatic carbocycles. The summed E-state index contributed by atoms with van der Waals surface area (Å²) in [6.07, 6.45) is 0. The van der Waals surface area contributed by atoms with Gasteiger partial charge in [-0.05, 0) is 37.3 Å². The van der Waals surface area contributed by atoms with Gasteiger partial charge in [0.15, 0.2) is 5.78 Å². The molecule has 22 heavy (non-hydrogen) atoms. The summed E-state index contributed by atoms with van der Waals surface area (Å²) in [5.41, 5.74) is 1.33. The molecular weight excluding hydrogens is 351 g/mol. The third kappa shape index (κ3) is 4.39. The largest absolute Gasteiger partial charge is 0.376 e. The molecule has 114 valence electrons. The molecule has 0 saturated carbocycles. The van der Waals surface area contributed by atoms with Gasteiger partial charge in [-0.25, -0.2) is 4.39 Å². The Bertz CT molecular complexity index is 719. The van der Waals surface area contributed by atoms with Crippen molar-refractivity contribution >= 4 is 39.0 Å². The molecule has 0 radical (unpaired) electrons. The number of hydrogen-bond donors (Lipinski definition) is 2. The van der Waals surface area contributed by atoms with Crippen LogP contribution in [0.3, 0.4) is 0 Å². The predicted molar refractivity (Wildman–Crippen MR) is 87.7 cm³/mol. The fourth-order valence-electron chi connectivity index (χ4n) is 1.82. The Morgan fingerprint density at radius 3 is 2.64 bits per heavy atom. The predicted octanol–water partition coefficient (Wildman–Crippen LogP) is 3.84. The third-order valence-corrected chi connectivity index (χ3v) is 3.42. The van der Waals surface area contributed by atoms with E-state index in [0.717, 1.165) is 0 Å². The van der Waals surface area contributed by atoms with Crippen molar-refractivity contribution in [3.05, 3.63) is 58.3 Å². The number of benzene rings is 2. The second kappa shape index (κ2) is 7.17. The Balaban J connectivity index is 1.95. The second-order valence-electron chi connectivity index (χ2n) is 4.66. The van der Waals surface area contributed by atoms with E-state index in [1.807, 2.05) is 0 Å². The minimum atomic E-state index is -0.513. The van der Waals surface area contributed by atoms with Crippen LogP contribution >= 0.6 is 15.9 Å². The number of anilines is 2. The van der Waals surface area contributed by atoms with Crippen molar-refractivity contribution in [1.29, 1.82) is 0 Å². The normalized spacial score (nSPS) is 10.1. The van der Waals surface area contributed by atoms with Gasteiger partial charge in [-0.3, -0.25) is 9.59 Å². The highest BCUT2D eigenvalue weighted by atomic mass is 79.9. The summed E-state index contributed by atoms with van der Waals surface area (Å²) in [4.78, 5) is 23.1. The van der Waals surface area contributed by atoms with E-state index in [0.29, 0.717) is 15.7 Å². The molecule has 4 nitrogen and oxygen atoms in total. The van der Waals surface area contributed by atoms with E-state index in [1.54, 1.807) is 30.3 Å². The van der Waals surface area contributed by atoms with Crippen LogP contribution < -0.4 is 10.6 Å². The SMILES string of the molecule is CC(=O)c1cccc(NCC(=O)Nc2ccc(Br)cc2F)c1. The fourth-order valence-corrected chi connectivity index (χ4v) is 2.15. The van der Waals surface area contributed by atoms with Crippen molar-refractivity contribution in [2.45, 2.75) is 6.92 Å². The topological polar surface area (TPSA) is 58.2 Å². The zero-order valence-electron chi connectivity index (χ0n) is 11.8. The van der Waals surface area contributed by atoms with E-state index in [1.165, 1.54) is 19.1 Å². The number of carbonyl (C=O) groups excluding carboxylic acids is 2. The number of hydrogen-bond acceptors (Lipinski definition) is 3. The van der Waals surface area contributed by atoms with Gasteiger partial charge in [0, 0.05) is 15.7 Å². The van der Waals surface area contributed by atoms with Crippen molar-refractivity contribution in [2.24, 2.45) is 0 Å². The van der Waals surface area contributed by atoms with Gasteiger partial charge in [-0.2, -0.15) is 0 Å². The summed E-state index contributed by atoms with van der Waals surface area (Å²) in [6.45, 7) is 1.44. The number of Topliss-reactive ketones (excluding diaryl/α,β-unsaturated/α-hetero) is 1. The van der Waals surface area contributed by atoms with Gasteiger partial charge in [0.05, 0.1) is 12.2 Å². The lowest BCUT2D eigenvalue weighted by molar-refractivity contribution is -0.114. The van der Waals surface area contributed by atoms with Gasteiger partial charge >= 0.3 is 0 Å². The number of nitrogens with one attached hydrogen (secondary N) is 2. The van der Waals surface area contributed by atoms with Crippen LogP contribution in [-0.2, 0) is 4.79 Å². The van der Waals surface area contributed by atoms with Gasteiger partial charge in [-0.15, -0.1) is 0 Å². The average Bonchev–Trinajstić information content (AvgIpc) is 2.48. The van der Waals surface area contributed by atoms with Crippen LogP contribution in [0.15, 0.2) is 46.9 Å².